The molecule has 0 bridgehead atoms. The summed E-state index contributed by atoms with van der Waals surface area (Å²) in [5, 5.41) is 19.9. The van der Waals surface area contributed by atoms with Crippen molar-refractivity contribution in [3.8, 4) is 5.69 Å². The van der Waals surface area contributed by atoms with Gasteiger partial charge in [0.25, 0.3) is 0 Å². The number of thiophene rings is 1. The number of nitrogens with one attached hydrogen (secondary N) is 1. The maximum absolute atomic E-state index is 13.7. The maximum Gasteiger partial charge on any atom is 0.335 e. The monoisotopic (exact) mass is 481 g/mol. The molecule has 35 heavy (non-hydrogen) atoms. The van der Waals surface area contributed by atoms with Gasteiger partial charge in [-0.1, -0.05) is 36.4 Å². The molecule has 2 atom stereocenters. The highest BCUT2D eigenvalue weighted by Crippen LogP contribution is 2.49. The fourth-order valence-electron chi connectivity index (χ4n) is 5.31. The fourth-order valence-corrected chi connectivity index (χ4v) is 6.14. The average Bonchev–Trinajstić information content (AvgIpc) is 3.52. The Morgan fingerprint density at radius 1 is 1.06 bits per heavy atom. The van der Waals surface area contributed by atoms with Gasteiger partial charge in [0.05, 0.1) is 16.9 Å². The zero-order chi connectivity index (χ0) is 24.1. The highest BCUT2D eigenvalue weighted by molar-refractivity contribution is 7.10. The van der Waals surface area contributed by atoms with E-state index < -0.39 is 5.97 Å². The van der Waals surface area contributed by atoms with Crippen molar-refractivity contribution in [2.75, 3.05) is 5.32 Å². The lowest BCUT2D eigenvalue weighted by Gasteiger charge is -2.35. The van der Waals surface area contributed by atoms with Crippen LogP contribution >= 0.6 is 11.3 Å². The Labute approximate surface area is 206 Å². The van der Waals surface area contributed by atoms with Gasteiger partial charge >= 0.3 is 5.97 Å². The standard InChI is InChI=1S/C28H23N3O3S/c1-16-24-25(17-9-11-18(12-10-17)28(33)34)26-21(14-19(15-22(26)32)23-8-5-13-35-23)29-27(24)31(30-16)20-6-3-2-4-7-20/h2-13,19,25,29H,14-15H2,1H3,(H,33,34)/t19-,25-/m1/s1. The number of hydrogen-bond acceptors (Lipinski definition) is 5. The molecule has 2 aromatic heterocycles. The van der Waals surface area contributed by atoms with Gasteiger partial charge in [-0.3, -0.25) is 4.79 Å². The molecule has 0 unspecified atom stereocenters. The maximum atomic E-state index is 13.7. The molecule has 0 amide bonds. The van der Waals surface area contributed by atoms with Crippen LogP contribution in [0.4, 0.5) is 5.82 Å². The largest absolute Gasteiger partial charge is 0.478 e. The topological polar surface area (TPSA) is 84.2 Å². The molecule has 174 valence electrons. The van der Waals surface area contributed by atoms with Crippen LogP contribution in [0.25, 0.3) is 5.69 Å². The molecule has 4 aromatic rings. The number of nitrogens with zero attached hydrogens (tertiary/aromatic N) is 2. The lowest BCUT2D eigenvalue weighted by Crippen LogP contribution is -2.30. The van der Waals surface area contributed by atoms with Gasteiger partial charge in [0, 0.05) is 40.0 Å². The van der Waals surface area contributed by atoms with E-state index in [1.807, 2.05) is 60.1 Å². The van der Waals surface area contributed by atoms with Gasteiger partial charge in [-0.05, 0) is 54.6 Å². The van der Waals surface area contributed by atoms with Gasteiger partial charge in [-0.15, -0.1) is 11.3 Å². The smallest absolute Gasteiger partial charge is 0.335 e. The number of aryl methyl sites for hydroxylation is 1. The second kappa shape index (κ2) is 8.36. The van der Waals surface area contributed by atoms with Crippen molar-refractivity contribution in [1.82, 2.24) is 9.78 Å². The van der Waals surface area contributed by atoms with Gasteiger partial charge in [-0.2, -0.15) is 5.10 Å². The molecule has 2 aliphatic rings. The van der Waals surface area contributed by atoms with Crippen LogP contribution in [0.15, 0.2) is 83.4 Å². The van der Waals surface area contributed by atoms with E-state index in [1.54, 1.807) is 23.5 Å². The third-order valence-corrected chi connectivity index (χ3v) is 7.93. The normalized spacial score (nSPS) is 19.2. The summed E-state index contributed by atoms with van der Waals surface area (Å²) in [6.07, 6.45) is 1.20. The molecular weight excluding hydrogens is 458 g/mol. The van der Waals surface area contributed by atoms with Crippen LogP contribution in [-0.2, 0) is 4.79 Å². The van der Waals surface area contributed by atoms with Gasteiger partial charge in [0.2, 0.25) is 0 Å². The minimum atomic E-state index is -0.969. The van der Waals surface area contributed by atoms with Crippen LogP contribution in [0.5, 0.6) is 0 Å². The summed E-state index contributed by atoms with van der Waals surface area (Å²) >= 11 is 1.69. The zero-order valence-electron chi connectivity index (χ0n) is 19.1. The van der Waals surface area contributed by atoms with Crippen LogP contribution in [0, 0.1) is 6.92 Å². The molecule has 1 aliphatic carbocycles. The van der Waals surface area contributed by atoms with Crippen molar-refractivity contribution in [2.24, 2.45) is 0 Å². The Bertz CT molecular complexity index is 1470. The number of allylic oxidation sites excluding steroid dienone is 2. The van der Waals surface area contributed by atoms with Crippen molar-refractivity contribution in [2.45, 2.75) is 31.6 Å². The number of aromatic nitrogens is 2. The molecule has 6 rings (SSSR count). The van der Waals surface area contributed by atoms with Gasteiger partial charge in [-0.25, -0.2) is 9.48 Å². The SMILES string of the molecule is Cc1nn(-c2ccccc2)c2c1[C@@H](c1ccc(C(=O)O)cc1)C1=C(C[C@@H](c3cccs3)CC1=O)N2. The first-order chi connectivity index (χ1) is 17.0. The number of para-hydroxylation sites is 1. The molecule has 6 nitrogen and oxygen atoms in total. The van der Waals surface area contributed by atoms with Crippen molar-refractivity contribution in [1.29, 1.82) is 0 Å². The lowest BCUT2D eigenvalue weighted by atomic mass is 9.73. The number of rotatable bonds is 4. The minimum Gasteiger partial charge on any atom is -0.478 e. The second-order valence-electron chi connectivity index (χ2n) is 9.02. The Hall–Kier alpha value is -3.97. The predicted molar refractivity (Wildman–Crippen MR) is 135 cm³/mol. The number of benzene rings is 2. The number of Topliss-reactive ketones (excluding diaryl/α,β-unsaturated/α-hetero) is 1. The number of anilines is 1. The first kappa shape index (κ1) is 21.6. The number of hydrogen-bond donors (Lipinski definition) is 2. The Morgan fingerprint density at radius 3 is 2.51 bits per heavy atom. The van der Waals surface area contributed by atoms with E-state index in [9.17, 15) is 14.7 Å². The van der Waals surface area contributed by atoms with E-state index in [4.69, 9.17) is 5.10 Å². The van der Waals surface area contributed by atoms with Crippen LogP contribution < -0.4 is 5.32 Å². The summed E-state index contributed by atoms with van der Waals surface area (Å²) in [6, 6.07) is 20.9. The number of carbonyl (C=O) groups excluding carboxylic acids is 1. The quantitative estimate of drug-likeness (QED) is 0.379. The Morgan fingerprint density at radius 2 is 1.83 bits per heavy atom. The van der Waals surface area contributed by atoms with E-state index in [0.717, 1.165) is 46.0 Å². The zero-order valence-corrected chi connectivity index (χ0v) is 19.9. The number of aromatic carboxylic acids is 1. The summed E-state index contributed by atoms with van der Waals surface area (Å²) in [6.45, 7) is 1.96. The third-order valence-electron chi connectivity index (χ3n) is 6.90. The highest BCUT2D eigenvalue weighted by atomic mass is 32.1. The van der Waals surface area contributed by atoms with Gasteiger partial charge in [0.1, 0.15) is 5.82 Å². The highest BCUT2D eigenvalue weighted by Gasteiger charge is 2.41. The van der Waals surface area contributed by atoms with Gasteiger partial charge < -0.3 is 10.4 Å². The molecule has 1 aliphatic heterocycles. The number of carbonyl (C=O) groups is 2. The molecule has 0 fully saturated rings. The summed E-state index contributed by atoms with van der Waals surface area (Å²) in [4.78, 5) is 26.3. The molecule has 0 saturated carbocycles. The first-order valence-electron chi connectivity index (χ1n) is 11.6. The van der Waals surface area contributed by atoms with E-state index in [2.05, 4.69) is 16.8 Å². The van der Waals surface area contributed by atoms with Crippen LogP contribution in [0.1, 0.15) is 56.7 Å². The molecule has 3 heterocycles. The van der Waals surface area contributed by atoms with Crippen molar-refractivity contribution in [3.05, 3.63) is 111 Å². The second-order valence-corrected chi connectivity index (χ2v) is 10.00. The molecule has 2 aromatic carbocycles. The summed E-state index contributed by atoms with van der Waals surface area (Å²) in [5.74, 6) is -0.151. The number of carboxylic acid groups (broad SMARTS) is 1. The molecule has 0 radical (unpaired) electrons. The Kier molecular flexibility index (Phi) is 5.15. The summed E-state index contributed by atoms with van der Waals surface area (Å²) < 4.78 is 1.91. The molecular formula is C28H23N3O3S. The Balaban J connectivity index is 1.53. The molecule has 2 N–H and O–H groups in total. The fraction of sp³-hybridized carbons (Fsp3) is 0.179. The summed E-state index contributed by atoms with van der Waals surface area (Å²) in [5.41, 5.74) is 5.54. The minimum absolute atomic E-state index is 0.127. The van der Waals surface area contributed by atoms with E-state index in [1.165, 1.54) is 4.88 Å². The number of carboxylic acids is 1. The van der Waals surface area contributed by atoms with Crippen molar-refractivity contribution < 1.29 is 14.7 Å². The van der Waals surface area contributed by atoms with Crippen LogP contribution in [0.3, 0.4) is 0 Å². The molecule has 7 heteroatoms. The third kappa shape index (κ3) is 3.59. The first-order valence-corrected chi connectivity index (χ1v) is 12.4. The lowest BCUT2D eigenvalue weighted by molar-refractivity contribution is -0.116. The van der Waals surface area contributed by atoms with E-state index in [0.29, 0.717) is 6.42 Å². The number of ketones is 1. The van der Waals surface area contributed by atoms with E-state index in [-0.39, 0.29) is 23.2 Å². The molecule has 0 spiro atoms. The number of fused-ring (bicyclic) bond motifs is 1. The predicted octanol–water partition coefficient (Wildman–Crippen LogP) is 5.90. The van der Waals surface area contributed by atoms with E-state index >= 15 is 0 Å². The average molecular weight is 482 g/mol. The molecule has 0 saturated heterocycles. The van der Waals surface area contributed by atoms with Crippen molar-refractivity contribution in [3.63, 3.8) is 0 Å². The van der Waals surface area contributed by atoms with Crippen molar-refractivity contribution >= 4 is 28.9 Å². The van der Waals surface area contributed by atoms with Gasteiger partial charge in [0.15, 0.2) is 5.78 Å². The van der Waals surface area contributed by atoms with Crippen LogP contribution in [-0.4, -0.2) is 26.6 Å². The summed E-state index contributed by atoms with van der Waals surface area (Å²) in [7, 11) is 0. The van der Waals surface area contributed by atoms with Crippen LogP contribution in [0.2, 0.25) is 0 Å².